The number of halogens is 3. The van der Waals surface area contributed by atoms with Crippen LogP contribution in [0.15, 0.2) is 21.4 Å². The summed E-state index contributed by atoms with van der Waals surface area (Å²) in [5.74, 6) is -1.28. The predicted molar refractivity (Wildman–Crippen MR) is 57.0 cm³/mol. The summed E-state index contributed by atoms with van der Waals surface area (Å²) in [4.78, 5) is 26.9. The Labute approximate surface area is 95.8 Å². The Morgan fingerprint density at radius 3 is 2.38 bits per heavy atom. The molecule has 0 amide bonds. The van der Waals surface area contributed by atoms with Gasteiger partial charge in [-0.15, -0.1) is 0 Å². The number of hydrogen-bond donors (Lipinski definition) is 2. The molecule has 7 heteroatoms. The molecule has 1 aromatic heterocycles. The summed E-state index contributed by atoms with van der Waals surface area (Å²) in [7, 11) is 0. The zero-order valence-electron chi connectivity index (χ0n) is 7.68. The minimum atomic E-state index is -3.07. The van der Waals surface area contributed by atoms with Crippen molar-refractivity contribution in [1.82, 2.24) is 9.97 Å². The molecule has 0 fully saturated rings. The lowest BCUT2D eigenvalue weighted by Crippen LogP contribution is -2.10. The average Bonchev–Trinajstić information content (AvgIpc) is 2.54. The highest BCUT2D eigenvalue weighted by Crippen LogP contribution is 2.23. The van der Waals surface area contributed by atoms with Crippen molar-refractivity contribution in [3.8, 4) is 0 Å². The number of imidazole rings is 1. The van der Waals surface area contributed by atoms with Gasteiger partial charge < -0.3 is 9.97 Å². The van der Waals surface area contributed by atoms with Crippen molar-refractivity contribution < 1.29 is 13.6 Å². The van der Waals surface area contributed by atoms with Gasteiger partial charge in [0.2, 0.25) is 5.78 Å². The molecule has 1 heterocycles. The second kappa shape index (κ2) is 3.82. The fourth-order valence-corrected chi connectivity index (χ4v) is 1.90. The number of fused-ring (bicyclic) bond motifs is 1. The van der Waals surface area contributed by atoms with Crippen LogP contribution in [0.1, 0.15) is 10.4 Å². The zero-order chi connectivity index (χ0) is 11.9. The highest BCUT2D eigenvalue weighted by Gasteiger charge is 2.21. The van der Waals surface area contributed by atoms with Crippen molar-refractivity contribution in [1.29, 1.82) is 0 Å². The molecule has 1 aromatic carbocycles. The van der Waals surface area contributed by atoms with E-state index >= 15 is 0 Å². The standard InChI is InChI=1S/C9H5BrF2N2O2/c10-4-2-6-5(13-9(16)14-6)1-3(4)7(15)8(11)12/h1-2,8H,(H2,13,14,16). The van der Waals surface area contributed by atoms with Gasteiger partial charge in [0, 0.05) is 10.0 Å². The normalized spacial score (nSPS) is 11.2. The first-order chi connectivity index (χ1) is 7.49. The van der Waals surface area contributed by atoms with Gasteiger partial charge in [0.15, 0.2) is 0 Å². The Morgan fingerprint density at radius 1 is 1.25 bits per heavy atom. The molecule has 0 bridgehead atoms. The molecule has 0 saturated heterocycles. The van der Waals surface area contributed by atoms with E-state index in [2.05, 4.69) is 25.9 Å². The minimum Gasteiger partial charge on any atom is -0.306 e. The van der Waals surface area contributed by atoms with Crippen LogP contribution in [-0.2, 0) is 0 Å². The van der Waals surface area contributed by atoms with E-state index in [1.807, 2.05) is 0 Å². The molecular weight excluding hydrogens is 286 g/mol. The van der Waals surface area contributed by atoms with Crippen LogP contribution in [0, 0.1) is 0 Å². The second-order valence-electron chi connectivity index (χ2n) is 3.12. The number of ketones is 1. The monoisotopic (exact) mass is 290 g/mol. The third-order valence-electron chi connectivity index (χ3n) is 2.07. The first-order valence-electron chi connectivity index (χ1n) is 4.23. The third-order valence-corrected chi connectivity index (χ3v) is 2.72. The highest BCUT2D eigenvalue weighted by molar-refractivity contribution is 9.10. The van der Waals surface area contributed by atoms with E-state index < -0.39 is 17.9 Å². The summed E-state index contributed by atoms with van der Waals surface area (Å²) in [5, 5.41) is 0. The molecule has 16 heavy (non-hydrogen) atoms. The number of Topliss-reactive ketones (excluding diaryl/α,β-unsaturated/α-hetero) is 1. The van der Waals surface area contributed by atoms with Crippen LogP contribution in [-0.4, -0.2) is 22.2 Å². The molecule has 4 nitrogen and oxygen atoms in total. The van der Waals surface area contributed by atoms with Gasteiger partial charge in [0.1, 0.15) is 0 Å². The van der Waals surface area contributed by atoms with Crippen LogP contribution >= 0.6 is 15.9 Å². The quantitative estimate of drug-likeness (QED) is 0.832. The van der Waals surface area contributed by atoms with Crippen LogP contribution in [0.2, 0.25) is 0 Å². The maximum absolute atomic E-state index is 12.2. The molecular formula is C9H5BrF2N2O2. The summed E-state index contributed by atoms with van der Waals surface area (Å²) < 4.78 is 24.7. The van der Waals surface area contributed by atoms with Gasteiger partial charge in [-0.05, 0) is 28.1 Å². The Hall–Kier alpha value is -1.50. The van der Waals surface area contributed by atoms with Crippen molar-refractivity contribution in [2.75, 3.05) is 0 Å². The molecule has 2 aromatic rings. The van der Waals surface area contributed by atoms with Crippen molar-refractivity contribution in [3.63, 3.8) is 0 Å². The number of benzene rings is 1. The van der Waals surface area contributed by atoms with Gasteiger partial charge >= 0.3 is 12.1 Å². The number of aromatic nitrogens is 2. The van der Waals surface area contributed by atoms with Gasteiger partial charge in [0.05, 0.1) is 11.0 Å². The van der Waals surface area contributed by atoms with Gasteiger partial charge in [-0.25, -0.2) is 13.6 Å². The van der Waals surface area contributed by atoms with E-state index in [0.717, 1.165) is 0 Å². The van der Waals surface area contributed by atoms with E-state index in [0.29, 0.717) is 11.0 Å². The maximum Gasteiger partial charge on any atom is 0.323 e. The SMILES string of the molecule is O=C(c1cc2[nH]c(=O)[nH]c2cc1Br)C(F)F. The molecule has 2 N–H and O–H groups in total. The topological polar surface area (TPSA) is 65.7 Å². The third kappa shape index (κ3) is 1.78. The summed E-state index contributed by atoms with van der Waals surface area (Å²) in [6.07, 6.45) is -3.07. The smallest absolute Gasteiger partial charge is 0.306 e. The van der Waals surface area contributed by atoms with Crippen LogP contribution in [0.5, 0.6) is 0 Å². The number of carbonyl (C=O) groups is 1. The van der Waals surface area contributed by atoms with Crippen molar-refractivity contribution in [2.24, 2.45) is 0 Å². The maximum atomic E-state index is 12.2. The molecule has 0 spiro atoms. The molecule has 0 atom stereocenters. The molecule has 84 valence electrons. The number of hydrogen-bond acceptors (Lipinski definition) is 2. The number of carbonyl (C=O) groups excluding carboxylic acids is 1. The summed E-state index contributed by atoms with van der Waals surface area (Å²) >= 11 is 3.01. The first kappa shape index (κ1) is 11.0. The predicted octanol–water partition coefficient (Wildman–Crippen LogP) is 2.07. The second-order valence-corrected chi connectivity index (χ2v) is 3.98. The first-order valence-corrected chi connectivity index (χ1v) is 5.02. The Kier molecular flexibility index (Phi) is 2.63. The van der Waals surface area contributed by atoms with Crippen molar-refractivity contribution >= 4 is 32.7 Å². The largest absolute Gasteiger partial charge is 0.323 e. The van der Waals surface area contributed by atoms with E-state index in [-0.39, 0.29) is 10.0 Å². The molecule has 0 aliphatic heterocycles. The van der Waals surface area contributed by atoms with Crippen molar-refractivity contribution in [3.05, 3.63) is 32.7 Å². The molecule has 0 unspecified atom stereocenters. The molecule has 0 saturated carbocycles. The molecule has 0 aliphatic rings. The lowest BCUT2D eigenvalue weighted by molar-refractivity contribution is 0.0678. The summed E-state index contributed by atoms with van der Waals surface area (Å²) in [6, 6.07) is 2.62. The van der Waals surface area contributed by atoms with Gasteiger partial charge in [-0.3, -0.25) is 4.79 Å². The summed E-state index contributed by atoms with van der Waals surface area (Å²) in [6.45, 7) is 0. The minimum absolute atomic E-state index is 0.155. The fraction of sp³-hybridized carbons (Fsp3) is 0.111. The lowest BCUT2D eigenvalue weighted by Gasteiger charge is -2.02. The number of rotatable bonds is 2. The lowest BCUT2D eigenvalue weighted by atomic mass is 10.1. The highest BCUT2D eigenvalue weighted by atomic mass is 79.9. The van der Waals surface area contributed by atoms with E-state index in [1.54, 1.807) is 0 Å². The number of aromatic amines is 2. The zero-order valence-corrected chi connectivity index (χ0v) is 9.27. The van der Waals surface area contributed by atoms with Crippen LogP contribution in [0.25, 0.3) is 11.0 Å². The molecule has 2 rings (SSSR count). The number of H-pyrrole nitrogens is 2. The Morgan fingerprint density at radius 2 is 1.81 bits per heavy atom. The van der Waals surface area contributed by atoms with E-state index in [4.69, 9.17) is 0 Å². The number of alkyl halides is 2. The summed E-state index contributed by atoms with van der Waals surface area (Å²) in [5.41, 5.74) is 0.154. The van der Waals surface area contributed by atoms with Gasteiger partial charge in [-0.1, -0.05) is 0 Å². The van der Waals surface area contributed by atoms with Gasteiger partial charge in [-0.2, -0.15) is 0 Å². The van der Waals surface area contributed by atoms with E-state index in [9.17, 15) is 18.4 Å². The van der Waals surface area contributed by atoms with Crippen LogP contribution < -0.4 is 5.69 Å². The van der Waals surface area contributed by atoms with Crippen LogP contribution in [0.3, 0.4) is 0 Å². The Bertz CT molecular complexity index is 617. The van der Waals surface area contributed by atoms with E-state index in [1.165, 1.54) is 12.1 Å². The Balaban J connectivity index is 2.66. The fourth-order valence-electron chi connectivity index (χ4n) is 1.36. The van der Waals surface area contributed by atoms with Crippen LogP contribution in [0.4, 0.5) is 8.78 Å². The van der Waals surface area contributed by atoms with Gasteiger partial charge in [0.25, 0.3) is 0 Å². The van der Waals surface area contributed by atoms with Crippen molar-refractivity contribution in [2.45, 2.75) is 6.43 Å². The average molecular weight is 291 g/mol. The molecule has 0 aliphatic carbocycles. The molecule has 0 radical (unpaired) electrons. The number of nitrogens with one attached hydrogen (secondary N) is 2.